The molecule has 210 valence electrons. The van der Waals surface area contributed by atoms with E-state index in [1.165, 1.54) is 23.3 Å². The van der Waals surface area contributed by atoms with Crippen LogP contribution in [0.5, 0.6) is 0 Å². The molecular formula is C32H41F2N3O2. The number of nitrogens with zero attached hydrogens (tertiary/aromatic N) is 3. The molecule has 2 aromatic carbocycles. The Morgan fingerprint density at radius 3 is 2.23 bits per heavy atom. The summed E-state index contributed by atoms with van der Waals surface area (Å²) in [6.45, 7) is 16.5. The van der Waals surface area contributed by atoms with Gasteiger partial charge in [0.2, 0.25) is 11.8 Å². The zero-order valence-electron chi connectivity index (χ0n) is 24.3. The highest BCUT2D eigenvalue weighted by atomic mass is 19.1. The summed E-state index contributed by atoms with van der Waals surface area (Å²) >= 11 is 0. The minimum absolute atomic E-state index is 0.00297. The van der Waals surface area contributed by atoms with Crippen LogP contribution in [0.3, 0.4) is 0 Å². The molecule has 39 heavy (non-hydrogen) atoms. The third-order valence-electron chi connectivity index (χ3n) is 9.41. The Kier molecular flexibility index (Phi) is 6.89. The summed E-state index contributed by atoms with van der Waals surface area (Å²) in [4.78, 5) is 34.0. The van der Waals surface area contributed by atoms with E-state index < -0.39 is 23.0 Å². The lowest BCUT2D eigenvalue weighted by Gasteiger charge is -2.40. The lowest BCUT2D eigenvalue weighted by molar-refractivity contribution is -0.139. The van der Waals surface area contributed by atoms with Gasteiger partial charge >= 0.3 is 0 Å². The molecule has 5 rings (SSSR count). The molecule has 3 heterocycles. The Labute approximate surface area is 231 Å². The van der Waals surface area contributed by atoms with E-state index in [2.05, 4.69) is 51.7 Å². The Morgan fingerprint density at radius 1 is 1.00 bits per heavy atom. The first-order valence-electron chi connectivity index (χ1n) is 14.2. The highest BCUT2D eigenvalue weighted by Gasteiger charge is 2.54. The number of hydrogen-bond donors (Lipinski definition) is 0. The van der Waals surface area contributed by atoms with E-state index in [1.807, 2.05) is 23.6 Å². The monoisotopic (exact) mass is 537 g/mol. The first-order valence-corrected chi connectivity index (χ1v) is 14.2. The van der Waals surface area contributed by atoms with Gasteiger partial charge in [0.25, 0.3) is 0 Å². The average molecular weight is 538 g/mol. The number of carbonyl (C=O) groups excluding carboxylic acids is 2. The Balaban J connectivity index is 1.42. The molecular weight excluding hydrogens is 496 g/mol. The van der Waals surface area contributed by atoms with Gasteiger partial charge in [0.15, 0.2) is 0 Å². The van der Waals surface area contributed by atoms with Crippen LogP contribution in [0.1, 0.15) is 75.6 Å². The van der Waals surface area contributed by atoms with Crippen molar-refractivity contribution in [2.75, 3.05) is 31.1 Å². The van der Waals surface area contributed by atoms with Gasteiger partial charge in [-0.3, -0.25) is 14.5 Å². The van der Waals surface area contributed by atoms with Crippen molar-refractivity contribution in [1.82, 2.24) is 9.80 Å². The highest BCUT2D eigenvalue weighted by Crippen LogP contribution is 2.50. The molecule has 3 aliphatic rings. The normalized spacial score (nSPS) is 23.3. The van der Waals surface area contributed by atoms with E-state index in [-0.39, 0.29) is 29.3 Å². The second-order valence-corrected chi connectivity index (χ2v) is 13.1. The molecule has 3 aliphatic heterocycles. The Morgan fingerprint density at radius 2 is 1.64 bits per heavy atom. The van der Waals surface area contributed by atoms with Crippen LogP contribution in [0.4, 0.5) is 14.5 Å². The molecule has 2 amide bonds. The van der Waals surface area contributed by atoms with Crippen LogP contribution < -0.4 is 4.90 Å². The molecule has 0 aliphatic carbocycles. The number of benzene rings is 2. The summed E-state index contributed by atoms with van der Waals surface area (Å²) in [6.07, 6.45) is 1.14. The van der Waals surface area contributed by atoms with Gasteiger partial charge in [0.1, 0.15) is 11.6 Å². The van der Waals surface area contributed by atoms with E-state index in [4.69, 9.17) is 0 Å². The van der Waals surface area contributed by atoms with Crippen LogP contribution in [-0.2, 0) is 15.0 Å². The third kappa shape index (κ3) is 4.56. The van der Waals surface area contributed by atoms with Gasteiger partial charge in [-0.05, 0) is 95.7 Å². The smallest absolute Gasteiger partial charge is 0.238 e. The van der Waals surface area contributed by atoms with E-state index in [0.717, 1.165) is 17.3 Å². The molecule has 7 heteroatoms. The molecule has 2 aromatic rings. The van der Waals surface area contributed by atoms with Gasteiger partial charge in [-0.15, -0.1) is 0 Å². The van der Waals surface area contributed by atoms with E-state index in [1.54, 1.807) is 0 Å². The molecule has 2 saturated heterocycles. The second kappa shape index (κ2) is 9.69. The van der Waals surface area contributed by atoms with Gasteiger partial charge in [-0.25, -0.2) is 8.78 Å². The lowest BCUT2D eigenvalue weighted by atomic mass is 9.72. The van der Waals surface area contributed by atoms with E-state index in [9.17, 15) is 18.4 Å². The van der Waals surface area contributed by atoms with Crippen LogP contribution in [0.25, 0.3) is 0 Å². The fourth-order valence-corrected chi connectivity index (χ4v) is 6.90. The minimum Gasteiger partial charge on any atom is -0.342 e. The van der Waals surface area contributed by atoms with Crippen molar-refractivity contribution < 1.29 is 18.4 Å². The maximum Gasteiger partial charge on any atom is 0.238 e. The van der Waals surface area contributed by atoms with E-state index in [0.29, 0.717) is 44.6 Å². The summed E-state index contributed by atoms with van der Waals surface area (Å²) in [7, 11) is 0. The Hall–Kier alpha value is -2.80. The maximum atomic E-state index is 14.9. The van der Waals surface area contributed by atoms with Crippen molar-refractivity contribution in [3.8, 4) is 0 Å². The van der Waals surface area contributed by atoms with Crippen LogP contribution in [0.15, 0.2) is 30.3 Å². The molecule has 0 saturated carbocycles. The number of piperidine rings is 1. The predicted molar refractivity (Wildman–Crippen MR) is 150 cm³/mol. The van der Waals surface area contributed by atoms with Gasteiger partial charge in [0.05, 0.1) is 11.3 Å². The number of hydrogen-bond acceptors (Lipinski definition) is 3. The van der Waals surface area contributed by atoms with Gasteiger partial charge in [-0.1, -0.05) is 12.1 Å². The number of anilines is 1. The number of halogens is 2. The number of carbonyl (C=O) groups is 2. The largest absolute Gasteiger partial charge is 0.342 e. The molecule has 5 nitrogen and oxygen atoms in total. The van der Waals surface area contributed by atoms with Gasteiger partial charge in [0, 0.05) is 55.4 Å². The van der Waals surface area contributed by atoms with Crippen molar-refractivity contribution in [2.24, 2.45) is 5.92 Å². The molecule has 0 N–H and O–H groups in total. The molecule has 0 bridgehead atoms. The fraction of sp³-hybridized carbons (Fsp3) is 0.562. The quantitative estimate of drug-likeness (QED) is 0.504. The average Bonchev–Trinajstić information content (AvgIpc) is 3.39. The molecule has 1 spiro atoms. The SMILES string of the molecule is Cc1cc2c(cc1C)C1(CCN(C(=O)C3CN(C(C)(C)C)C[C@H]3c3ccc(F)cc3F)CC1)C(=O)N2C(C)C. The predicted octanol–water partition coefficient (Wildman–Crippen LogP) is 5.71. The first kappa shape index (κ1) is 27.8. The zero-order chi connectivity index (χ0) is 28.4. The van der Waals surface area contributed by atoms with Crippen LogP contribution in [0.2, 0.25) is 0 Å². The van der Waals surface area contributed by atoms with Crippen molar-refractivity contribution in [3.63, 3.8) is 0 Å². The lowest BCUT2D eigenvalue weighted by Crippen LogP contribution is -2.52. The fourth-order valence-electron chi connectivity index (χ4n) is 6.90. The van der Waals surface area contributed by atoms with Crippen molar-refractivity contribution in [1.29, 1.82) is 0 Å². The number of amides is 2. The molecule has 0 radical (unpaired) electrons. The summed E-state index contributed by atoms with van der Waals surface area (Å²) in [5.74, 6) is -1.87. The van der Waals surface area contributed by atoms with E-state index >= 15 is 0 Å². The van der Waals surface area contributed by atoms with Gasteiger partial charge in [-0.2, -0.15) is 0 Å². The van der Waals surface area contributed by atoms with Gasteiger partial charge < -0.3 is 9.80 Å². The number of likely N-dealkylation sites (tertiary alicyclic amines) is 2. The number of rotatable bonds is 3. The third-order valence-corrected chi connectivity index (χ3v) is 9.41. The van der Waals surface area contributed by atoms with Crippen molar-refractivity contribution in [2.45, 2.75) is 84.2 Å². The Bertz CT molecular complexity index is 1310. The molecule has 2 fully saturated rings. The molecule has 1 unspecified atom stereocenters. The second-order valence-electron chi connectivity index (χ2n) is 13.1. The van der Waals surface area contributed by atoms with Crippen LogP contribution in [0, 0.1) is 31.4 Å². The maximum absolute atomic E-state index is 14.9. The number of fused-ring (bicyclic) bond motifs is 2. The molecule has 2 atom stereocenters. The zero-order valence-corrected chi connectivity index (χ0v) is 24.3. The van der Waals surface area contributed by atoms with Crippen LogP contribution in [-0.4, -0.2) is 59.4 Å². The standard InChI is InChI=1S/C32H41F2N3O2/c1-19(2)37-28-15-21(4)20(3)14-26(28)32(30(37)39)10-12-35(13-11-32)29(38)25-18-36(31(5,6)7)17-24(25)23-9-8-22(33)16-27(23)34/h8-9,14-16,19,24-25H,10-13,17-18H2,1-7H3/t24-,25?/m0/s1. The minimum atomic E-state index is -0.621. The summed E-state index contributed by atoms with van der Waals surface area (Å²) < 4.78 is 28.6. The van der Waals surface area contributed by atoms with Crippen LogP contribution >= 0.6 is 0 Å². The molecule has 0 aromatic heterocycles. The summed E-state index contributed by atoms with van der Waals surface area (Å²) in [5, 5.41) is 0. The topological polar surface area (TPSA) is 43.9 Å². The summed E-state index contributed by atoms with van der Waals surface area (Å²) in [6, 6.07) is 8.04. The summed E-state index contributed by atoms with van der Waals surface area (Å²) in [5.41, 5.74) is 4.01. The van der Waals surface area contributed by atoms with Crippen molar-refractivity contribution in [3.05, 3.63) is 64.2 Å². The number of aryl methyl sites for hydroxylation is 2. The first-order chi connectivity index (χ1) is 18.2. The van der Waals surface area contributed by atoms with Crippen molar-refractivity contribution >= 4 is 17.5 Å². The highest BCUT2D eigenvalue weighted by molar-refractivity contribution is 6.09.